The van der Waals surface area contributed by atoms with Gasteiger partial charge >= 0.3 is 0 Å². The molecule has 0 aliphatic carbocycles. The fourth-order valence-corrected chi connectivity index (χ4v) is 2.50. The van der Waals surface area contributed by atoms with Crippen molar-refractivity contribution in [2.75, 3.05) is 27.2 Å². The fourth-order valence-electron chi connectivity index (χ4n) is 2.50. The van der Waals surface area contributed by atoms with E-state index in [2.05, 4.69) is 11.9 Å². The third-order valence-electron chi connectivity index (χ3n) is 3.25. The molecule has 1 spiro atoms. The quantitative estimate of drug-likeness (QED) is 0.520. The second-order valence-electron chi connectivity index (χ2n) is 4.20. The van der Waals surface area contributed by atoms with Gasteiger partial charge in [0.05, 0.1) is 5.54 Å². The van der Waals surface area contributed by atoms with Crippen molar-refractivity contribution in [2.24, 2.45) is 0 Å². The zero-order chi connectivity index (χ0) is 8.77. The number of carbonyl (C=O) groups is 1. The number of hydrogen-bond acceptors (Lipinski definition) is 2. The number of piperidine rings is 1. The Hall–Kier alpha value is -0.570. The van der Waals surface area contributed by atoms with Crippen LogP contribution in [0.25, 0.3) is 0 Å². The maximum atomic E-state index is 11.4. The van der Waals surface area contributed by atoms with Crippen LogP contribution < -0.4 is 0 Å². The first kappa shape index (κ1) is 8.05. The van der Waals surface area contributed by atoms with Crippen molar-refractivity contribution in [1.82, 2.24) is 9.80 Å². The summed E-state index contributed by atoms with van der Waals surface area (Å²) in [7, 11) is 4.06. The Labute approximate surface area is 73.3 Å². The first-order valence-electron chi connectivity index (χ1n) is 4.59. The van der Waals surface area contributed by atoms with Crippen LogP contribution in [-0.2, 0) is 4.79 Å². The summed E-state index contributed by atoms with van der Waals surface area (Å²) in [4.78, 5) is 15.7. The average molecular weight is 168 g/mol. The van der Waals surface area contributed by atoms with Crippen LogP contribution >= 0.6 is 0 Å². The number of nitrogens with zero attached hydrogens (tertiary/aromatic N) is 2. The van der Waals surface area contributed by atoms with Crippen LogP contribution in [0.5, 0.6) is 0 Å². The van der Waals surface area contributed by atoms with Gasteiger partial charge in [-0.1, -0.05) is 0 Å². The van der Waals surface area contributed by atoms with Crippen molar-refractivity contribution < 1.29 is 4.79 Å². The van der Waals surface area contributed by atoms with E-state index in [1.807, 2.05) is 11.9 Å². The van der Waals surface area contributed by atoms with Crippen LogP contribution in [0.1, 0.15) is 19.3 Å². The molecule has 0 saturated carbocycles. The van der Waals surface area contributed by atoms with Crippen LogP contribution in [0, 0.1) is 0 Å². The van der Waals surface area contributed by atoms with Gasteiger partial charge in [0.25, 0.3) is 0 Å². The summed E-state index contributed by atoms with van der Waals surface area (Å²) < 4.78 is 0. The Morgan fingerprint density at radius 1 is 1.33 bits per heavy atom. The second kappa shape index (κ2) is 2.46. The minimum absolute atomic E-state index is 0.212. The van der Waals surface area contributed by atoms with E-state index < -0.39 is 0 Å². The van der Waals surface area contributed by atoms with Gasteiger partial charge in [0, 0.05) is 26.6 Å². The summed E-state index contributed by atoms with van der Waals surface area (Å²) in [5.41, 5.74) is 0.212. The molecule has 0 N–H and O–H groups in total. The van der Waals surface area contributed by atoms with Crippen molar-refractivity contribution in [1.29, 1.82) is 0 Å². The molecule has 0 bridgehead atoms. The van der Waals surface area contributed by atoms with Crippen molar-refractivity contribution in [3.63, 3.8) is 0 Å². The molecular formula is C9H16N2O. The molecule has 3 nitrogen and oxygen atoms in total. The van der Waals surface area contributed by atoms with Crippen molar-refractivity contribution >= 4 is 5.91 Å². The summed E-state index contributed by atoms with van der Waals surface area (Å²) >= 11 is 0. The minimum Gasteiger partial charge on any atom is -0.337 e. The predicted molar refractivity (Wildman–Crippen MR) is 46.8 cm³/mol. The molecule has 2 rings (SSSR count). The van der Waals surface area contributed by atoms with Crippen LogP contribution in [0.15, 0.2) is 0 Å². The van der Waals surface area contributed by atoms with Gasteiger partial charge in [0.2, 0.25) is 5.91 Å². The number of amides is 1. The molecule has 0 unspecified atom stereocenters. The van der Waals surface area contributed by atoms with E-state index >= 15 is 0 Å². The van der Waals surface area contributed by atoms with Crippen LogP contribution in [-0.4, -0.2) is 48.4 Å². The van der Waals surface area contributed by atoms with E-state index in [9.17, 15) is 4.79 Å². The third kappa shape index (κ3) is 0.959. The lowest BCUT2D eigenvalue weighted by molar-refractivity contribution is -0.148. The van der Waals surface area contributed by atoms with Gasteiger partial charge in [-0.15, -0.1) is 0 Å². The average Bonchev–Trinajstić information content (AvgIpc) is 1.97. The Morgan fingerprint density at radius 3 is 2.58 bits per heavy atom. The number of hydrogen-bond donors (Lipinski definition) is 0. The molecule has 2 aliphatic rings. The molecule has 68 valence electrons. The van der Waals surface area contributed by atoms with Crippen molar-refractivity contribution in [3.05, 3.63) is 0 Å². The molecule has 0 aromatic heterocycles. The third-order valence-corrected chi connectivity index (χ3v) is 3.25. The molecule has 2 saturated heterocycles. The Kier molecular flexibility index (Phi) is 1.65. The molecule has 12 heavy (non-hydrogen) atoms. The molecule has 3 heteroatoms. The SMILES string of the molecule is CN1CC2(CCCC(=O)N2C)C1. The van der Waals surface area contributed by atoms with E-state index in [4.69, 9.17) is 0 Å². The molecule has 2 fully saturated rings. The Balaban J connectivity index is 2.10. The predicted octanol–water partition coefficient (Wildman–Crippen LogP) is 0.313. The smallest absolute Gasteiger partial charge is 0.222 e. The normalized spacial score (nSPS) is 29.2. The van der Waals surface area contributed by atoms with Crippen LogP contribution in [0.4, 0.5) is 0 Å². The fraction of sp³-hybridized carbons (Fsp3) is 0.889. The topological polar surface area (TPSA) is 23.6 Å². The number of likely N-dealkylation sites (tertiary alicyclic amines) is 2. The molecule has 2 heterocycles. The zero-order valence-corrected chi connectivity index (χ0v) is 7.84. The number of likely N-dealkylation sites (N-methyl/N-ethyl adjacent to an activating group) is 2. The first-order valence-corrected chi connectivity index (χ1v) is 4.59. The van der Waals surface area contributed by atoms with Crippen molar-refractivity contribution in [2.45, 2.75) is 24.8 Å². The Bertz CT molecular complexity index is 203. The van der Waals surface area contributed by atoms with Crippen molar-refractivity contribution in [3.8, 4) is 0 Å². The van der Waals surface area contributed by atoms with Crippen LogP contribution in [0.2, 0.25) is 0 Å². The monoisotopic (exact) mass is 168 g/mol. The number of carbonyl (C=O) groups excluding carboxylic acids is 1. The molecule has 0 aromatic rings. The lowest BCUT2D eigenvalue weighted by Crippen LogP contribution is -2.70. The van der Waals surface area contributed by atoms with Gasteiger partial charge in [0.1, 0.15) is 0 Å². The van der Waals surface area contributed by atoms with E-state index in [-0.39, 0.29) is 5.54 Å². The standard InChI is InChI=1S/C9H16N2O/c1-10-6-9(7-10)5-3-4-8(12)11(9)2/h3-7H2,1-2H3. The molecule has 0 radical (unpaired) electrons. The second-order valence-corrected chi connectivity index (χ2v) is 4.20. The van der Waals surface area contributed by atoms with Gasteiger partial charge < -0.3 is 9.80 Å². The zero-order valence-electron chi connectivity index (χ0n) is 7.84. The molecule has 0 atom stereocenters. The molecule has 2 aliphatic heterocycles. The van der Waals surface area contributed by atoms with E-state index in [1.165, 1.54) is 6.42 Å². The van der Waals surface area contributed by atoms with Gasteiger partial charge in [0.15, 0.2) is 0 Å². The van der Waals surface area contributed by atoms with E-state index in [0.717, 1.165) is 25.9 Å². The lowest BCUT2D eigenvalue weighted by Gasteiger charge is -2.55. The summed E-state index contributed by atoms with van der Waals surface area (Å²) in [6, 6.07) is 0. The van der Waals surface area contributed by atoms with Gasteiger partial charge in [-0.2, -0.15) is 0 Å². The molecule has 0 aromatic carbocycles. The Morgan fingerprint density at radius 2 is 2.00 bits per heavy atom. The lowest BCUT2D eigenvalue weighted by atomic mass is 9.80. The highest BCUT2D eigenvalue weighted by Gasteiger charge is 2.47. The number of rotatable bonds is 0. The summed E-state index contributed by atoms with van der Waals surface area (Å²) in [6.45, 7) is 2.13. The summed E-state index contributed by atoms with van der Waals surface area (Å²) in [5, 5.41) is 0. The molecule has 1 amide bonds. The highest BCUT2D eigenvalue weighted by atomic mass is 16.2. The highest BCUT2D eigenvalue weighted by Crippen LogP contribution is 2.34. The van der Waals surface area contributed by atoms with Crippen LogP contribution in [0.3, 0.4) is 0 Å². The van der Waals surface area contributed by atoms with Gasteiger partial charge in [-0.3, -0.25) is 4.79 Å². The maximum Gasteiger partial charge on any atom is 0.222 e. The summed E-state index contributed by atoms with van der Waals surface area (Å²) in [6.07, 6.45) is 3.03. The highest BCUT2D eigenvalue weighted by molar-refractivity contribution is 5.78. The summed E-state index contributed by atoms with van der Waals surface area (Å²) in [5.74, 6) is 0.328. The maximum absolute atomic E-state index is 11.4. The van der Waals surface area contributed by atoms with E-state index in [0.29, 0.717) is 5.91 Å². The van der Waals surface area contributed by atoms with Gasteiger partial charge in [-0.05, 0) is 19.9 Å². The minimum atomic E-state index is 0.212. The first-order chi connectivity index (χ1) is 5.64. The molecular weight excluding hydrogens is 152 g/mol. The van der Waals surface area contributed by atoms with Gasteiger partial charge in [-0.25, -0.2) is 0 Å². The van der Waals surface area contributed by atoms with E-state index in [1.54, 1.807) is 0 Å². The largest absolute Gasteiger partial charge is 0.337 e.